The van der Waals surface area contributed by atoms with Gasteiger partial charge < -0.3 is 14.0 Å². The number of benzene rings is 3. The zero-order valence-corrected chi connectivity index (χ0v) is 17.9. The molecule has 1 aliphatic rings. The van der Waals surface area contributed by atoms with E-state index in [9.17, 15) is 34.9 Å². The van der Waals surface area contributed by atoms with E-state index in [4.69, 9.17) is 4.74 Å². The van der Waals surface area contributed by atoms with Crippen molar-refractivity contribution in [2.75, 3.05) is 0 Å². The molecule has 0 amide bonds. The van der Waals surface area contributed by atoms with Gasteiger partial charge >= 0.3 is 11.4 Å². The summed E-state index contributed by atoms with van der Waals surface area (Å²) < 4.78 is 110. The fourth-order valence-electron chi connectivity index (χ4n) is 3.16. The molecule has 0 bridgehead atoms. The van der Waals surface area contributed by atoms with Gasteiger partial charge in [0.1, 0.15) is 16.6 Å². The Labute approximate surface area is 187 Å². The minimum absolute atomic E-state index is 0.407. The van der Waals surface area contributed by atoms with E-state index < -0.39 is 44.3 Å². The molecule has 0 spiro atoms. The highest BCUT2D eigenvalue weighted by Crippen LogP contribution is 2.47. The van der Waals surface area contributed by atoms with Crippen molar-refractivity contribution in [3.05, 3.63) is 72.8 Å². The van der Waals surface area contributed by atoms with Crippen molar-refractivity contribution < 1.29 is 44.4 Å². The van der Waals surface area contributed by atoms with Gasteiger partial charge in [-0.1, -0.05) is 30.3 Å². The highest BCUT2D eigenvalue weighted by molar-refractivity contribution is 7.97. The summed E-state index contributed by atoms with van der Waals surface area (Å²) >= 11 is 0. The molecule has 33 heavy (non-hydrogen) atoms. The van der Waals surface area contributed by atoms with Gasteiger partial charge in [-0.3, -0.25) is 0 Å². The molecule has 5 nitrogen and oxygen atoms in total. The van der Waals surface area contributed by atoms with Crippen molar-refractivity contribution in [3.63, 3.8) is 0 Å². The van der Waals surface area contributed by atoms with Gasteiger partial charge in [-0.15, -0.1) is 0 Å². The Morgan fingerprint density at radius 2 is 1.39 bits per heavy atom. The second-order valence-corrected chi connectivity index (χ2v) is 10.2. The second kappa shape index (κ2) is 8.19. The molecule has 0 saturated carbocycles. The monoisotopic (exact) mass is 504 g/mol. The van der Waals surface area contributed by atoms with Gasteiger partial charge in [0.05, 0.1) is 0 Å². The number of alkyl halides is 5. The van der Waals surface area contributed by atoms with Gasteiger partial charge in [-0.05, 0) is 36.4 Å². The average Bonchev–Trinajstić information content (AvgIpc) is 2.74. The average molecular weight is 504 g/mol. The summed E-state index contributed by atoms with van der Waals surface area (Å²) in [7, 11) is -7.55. The normalized spacial score (nSPS) is 15.2. The minimum atomic E-state index is -6.66. The summed E-state index contributed by atoms with van der Waals surface area (Å²) in [4.78, 5) is 1.81. The van der Waals surface area contributed by atoms with E-state index in [2.05, 4.69) is 4.74 Å². The first-order valence-electron chi connectivity index (χ1n) is 9.16. The molecule has 0 fully saturated rings. The van der Waals surface area contributed by atoms with Crippen LogP contribution in [0.3, 0.4) is 0 Å². The summed E-state index contributed by atoms with van der Waals surface area (Å²) in [6.45, 7) is 0. The van der Waals surface area contributed by atoms with Crippen LogP contribution in [0, 0.1) is 0 Å². The molecule has 1 atom stereocenters. The Kier molecular flexibility index (Phi) is 5.79. The van der Waals surface area contributed by atoms with Gasteiger partial charge in [-0.25, -0.2) is 8.42 Å². The van der Waals surface area contributed by atoms with Crippen molar-refractivity contribution in [3.8, 4) is 17.2 Å². The van der Waals surface area contributed by atoms with E-state index >= 15 is 0 Å². The summed E-state index contributed by atoms with van der Waals surface area (Å²) in [6, 6.07) is 18.9. The molecule has 1 unspecified atom stereocenters. The highest BCUT2D eigenvalue weighted by Gasteiger charge is 2.62. The summed E-state index contributed by atoms with van der Waals surface area (Å²) in [5.74, 6) is 0.359. The third kappa shape index (κ3) is 4.37. The number of rotatable bonds is 5. The van der Waals surface area contributed by atoms with E-state index in [0.29, 0.717) is 26.2 Å². The van der Waals surface area contributed by atoms with Crippen LogP contribution in [0.2, 0.25) is 0 Å². The Morgan fingerprint density at radius 3 is 1.91 bits per heavy atom. The lowest BCUT2D eigenvalue weighted by Crippen LogP contribution is -2.53. The SMILES string of the molecule is O=S(=O)([O-])C(F)(F)C(Oc1cccc([S+]2c3ccccc3Oc3ccccc32)c1)C(F)(F)F. The Morgan fingerprint density at radius 1 is 0.848 bits per heavy atom. The molecule has 4 rings (SSSR count). The van der Waals surface area contributed by atoms with Gasteiger partial charge in [0.15, 0.2) is 26.5 Å². The van der Waals surface area contributed by atoms with E-state index in [0.717, 1.165) is 12.1 Å². The molecule has 0 N–H and O–H groups in total. The van der Waals surface area contributed by atoms with Gasteiger partial charge in [-0.2, -0.15) is 22.0 Å². The van der Waals surface area contributed by atoms with Crippen LogP contribution in [0.4, 0.5) is 22.0 Å². The van der Waals surface area contributed by atoms with Gasteiger partial charge in [0.2, 0.25) is 9.79 Å². The van der Waals surface area contributed by atoms with Crippen LogP contribution in [0.25, 0.3) is 0 Å². The summed E-state index contributed by atoms with van der Waals surface area (Å²) in [5.41, 5.74) is 0. The zero-order valence-electron chi connectivity index (χ0n) is 16.3. The number of halogens is 5. The maximum atomic E-state index is 13.9. The van der Waals surface area contributed by atoms with E-state index in [-0.39, 0.29) is 0 Å². The van der Waals surface area contributed by atoms with Crippen LogP contribution >= 0.6 is 0 Å². The largest absolute Gasteiger partial charge is 0.743 e. The van der Waals surface area contributed by atoms with E-state index in [1.54, 1.807) is 54.6 Å². The fraction of sp³-hybridized carbons (Fsp3) is 0.143. The van der Waals surface area contributed by atoms with Crippen LogP contribution < -0.4 is 9.47 Å². The fourth-order valence-corrected chi connectivity index (χ4v) is 5.85. The van der Waals surface area contributed by atoms with Crippen LogP contribution in [0.1, 0.15) is 0 Å². The van der Waals surface area contributed by atoms with E-state index in [1.165, 1.54) is 6.07 Å². The van der Waals surface area contributed by atoms with Gasteiger partial charge in [0.25, 0.3) is 6.10 Å². The maximum Gasteiger partial charge on any atom is 0.432 e. The first kappa shape index (κ1) is 23.3. The van der Waals surface area contributed by atoms with Crippen LogP contribution in [-0.2, 0) is 21.0 Å². The molecule has 0 aromatic heterocycles. The summed E-state index contributed by atoms with van der Waals surface area (Å²) in [5, 5.41) is -5.73. The topological polar surface area (TPSA) is 75.7 Å². The smallest absolute Gasteiger partial charge is 0.432 e. The lowest BCUT2D eigenvalue weighted by atomic mass is 10.3. The first-order valence-corrected chi connectivity index (χ1v) is 11.8. The van der Waals surface area contributed by atoms with Crippen molar-refractivity contribution in [1.29, 1.82) is 0 Å². The molecule has 0 radical (unpaired) electrons. The molecular weight excluding hydrogens is 491 g/mol. The molecule has 3 aromatic rings. The molecule has 174 valence electrons. The van der Waals surface area contributed by atoms with Gasteiger partial charge in [0, 0.05) is 6.07 Å². The highest BCUT2D eigenvalue weighted by atomic mass is 32.2. The van der Waals surface area contributed by atoms with Crippen LogP contribution in [0.15, 0.2) is 87.5 Å². The van der Waals surface area contributed by atoms with Crippen LogP contribution in [0.5, 0.6) is 17.2 Å². The maximum absolute atomic E-state index is 13.9. The molecule has 0 saturated heterocycles. The third-order valence-corrected chi connectivity index (χ3v) is 7.75. The Bertz CT molecular complexity index is 1250. The lowest BCUT2D eigenvalue weighted by Gasteiger charge is -2.30. The number of fused-ring (bicyclic) bond motifs is 2. The summed E-state index contributed by atoms with van der Waals surface area (Å²) in [6.07, 6.45) is -10.0. The van der Waals surface area contributed by atoms with Crippen molar-refractivity contribution in [1.82, 2.24) is 0 Å². The number of hydrogen-bond donors (Lipinski definition) is 0. The molecule has 3 aromatic carbocycles. The molecule has 1 heterocycles. The number of hydrogen-bond acceptors (Lipinski definition) is 5. The van der Waals surface area contributed by atoms with E-state index in [1.807, 2.05) is 0 Å². The minimum Gasteiger partial charge on any atom is -0.743 e. The molecule has 0 aliphatic carbocycles. The standard InChI is InChI=1S/C21H13F5O5S2/c22-20(23,24)19(21(25,26)33(27,28)29)30-13-6-5-7-14(12-13)32-17-10-3-1-8-15(17)31-16-9-2-4-11-18(16)32/h1-12,19H. The number of ether oxygens (including phenoxy) is 2. The number of para-hydroxylation sites is 2. The zero-order chi connectivity index (χ0) is 24.0. The molecule has 1 aliphatic heterocycles. The Hall–Kier alpha value is -2.83. The first-order chi connectivity index (χ1) is 15.4. The van der Waals surface area contributed by atoms with Crippen LogP contribution in [-0.4, -0.2) is 30.5 Å². The predicted octanol–water partition coefficient (Wildman–Crippen LogP) is 5.34. The predicted molar refractivity (Wildman–Crippen MR) is 107 cm³/mol. The second-order valence-electron chi connectivity index (χ2n) is 6.83. The molecule has 12 heteroatoms. The van der Waals surface area contributed by atoms with Crippen molar-refractivity contribution >= 4 is 21.0 Å². The quantitative estimate of drug-likeness (QED) is 0.209. The Balaban J connectivity index is 1.78. The molecular formula is C21H13F5O5S2. The van der Waals surface area contributed by atoms with Crippen molar-refractivity contribution in [2.45, 2.75) is 32.2 Å². The lowest BCUT2D eigenvalue weighted by molar-refractivity contribution is -0.239. The van der Waals surface area contributed by atoms with Crippen molar-refractivity contribution in [2.24, 2.45) is 0 Å². The third-order valence-electron chi connectivity index (χ3n) is 4.59.